The third-order valence-corrected chi connectivity index (χ3v) is 4.89. The Balaban J connectivity index is 1.76. The first kappa shape index (κ1) is 12.8. The van der Waals surface area contributed by atoms with E-state index in [2.05, 4.69) is 10.2 Å². The molecule has 2 aromatic rings. The van der Waals surface area contributed by atoms with Crippen molar-refractivity contribution in [1.82, 2.24) is 14.7 Å². The Bertz CT molecular complexity index is 739. The molecule has 2 saturated heterocycles. The van der Waals surface area contributed by atoms with Gasteiger partial charge in [0.15, 0.2) is 0 Å². The monoisotopic (exact) mass is 284 g/mol. The first-order valence-corrected chi connectivity index (χ1v) is 7.70. The van der Waals surface area contributed by atoms with Crippen LogP contribution in [0, 0.1) is 12.8 Å². The van der Waals surface area contributed by atoms with E-state index in [9.17, 15) is 4.79 Å². The topological polar surface area (TPSA) is 49.6 Å². The highest BCUT2D eigenvalue weighted by atomic mass is 16.1. The summed E-state index contributed by atoms with van der Waals surface area (Å²) in [7, 11) is 0. The highest BCUT2D eigenvalue weighted by Crippen LogP contribution is 2.28. The molecule has 0 amide bonds. The summed E-state index contributed by atoms with van der Waals surface area (Å²) >= 11 is 0. The van der Waals surface area contributed by atoms with Crippen LogP contribution in [-0.4, -0.2) is 35.1 Å². The number of rotatable bonds is 1. The molecule has 0 aromatic carbocycles. The lowest BCUT2D eigenvalue weighted by atomic mass is 9.93. The van der Waals surface area contributed by atoms with Gasteiger partial charge in [-0.3, -0.25) is 9.20 Å². The van der Waals surface area contributed by atoms with Crippen molar-refractivity contribution in [3.05, 3.63) is 40.3 Å². The fourth-order valence-electron chi connectivity index (χ4n) is 3.71. The molecule has 4 rings (SSSR count). The average molecular weight is 284 g/mol. The molecule has 2 unspecified atom stereocenters. The molecule has 4 heterocycles. The summed E-state index contributed by atoms with van der Waals surface area (Å²) in [5, 5.41) is 3.57. The second-order valence-corrected chi connectivity index (χ2v) is 6.14. The zero-order valence-electron chi connectivity index (χ0n) is 12.2. The number of piperidine rings is 1. The van der Waals surface area contributed by atoms with Crippen LogP contribution < -0.4 is 15.8 Å². The van der Waals surface area contributed by atoms with E-state index in [1.54, 1.807) is 10.6 Å². The summed E-state index contributed by atoms with van der Waals surface area (Å²) in [6, 6.07) is 6.34. The minimum Gasteiger partial charge on any atom is -0.356 e. The standard InChI is InChI=1S/C16H20N4O/c1-11-15(18-14-4-2-3-8-20(14)16(11)21)19-9-6-13-12(10-19)5-7-17-13/h2-4,8,12-13,17H,5-7,9-10H2,1H3. The summed E-state index contributed by atoms with van der Waals surface area (Å²) < 4.78 is 1.63. The van der Waals surface area contributed by atoms with Crippen molar-refractivity contribution in [2.24, 2.45) is 5.92 Å². The van der Waals surface area contributed by atoms with Gasteiger partial charge in [-0.05, 0) is 44.4 Å². The lowest BCUT2D eigenvalue weighted by Gasteiger charge is -2.36. The van der Waals surface area contributed by atoms with Crippen molar-refractivity contribution in [2.45, 2.75) is 25.8 Å². The number of hydrogen-bond donors (Lipinski definition) is 1. The molecule has 110 valence electrons. The maximum Gasteiger partial charge on any atom is 0.262 e. The molecule has 1 N–H and O–H groups in total. The van der Waals surface area contributed by atoms with E-state index in [4.69, 9.17) is 4.98 Å². The van der Waals surface area contributed by atoms with E-state index in [-0.39, 0.29) is 5.56 Å². The molecule has 0 saturated carbocycles. The van der Waals surface area contributed by atoms with Gasteiger partial charge in [-0.15, -0.1) is 0 Å². The molecule has 2 atom stereocenters. The number of aromatic nitrogens is 2. The summed E-state index contributed by atoms with van der Waals surface area (Å²) in [6.45, 7) is 5.00. The number of nitrogens with one attached hydrogen (secondary N) is 1. The summed E-state index contributed by atoms with van der Waals surface area (Å²) in [5.41, 5.74) is 1.53. The van der Waals surface area contributed by atoms with E-state index in [1.165, 1.54) is 6.42 Å². The van der Waals surface area contributed by atoms with Crippen LogP contribution in [0.1, 0.15) is 18.4 Å². The average Bonchev–Trinajstić information content (AvgIpc) is 2.98. The number of hydrogen-bond acceptors (Lipinski definition) is 4. The third kappa shape index (κ3) is 2.03. The normalized spacial score (nSPS) is 25.3. The molecule has 2 aromatic heterocycles. The van der Waals surface area contributed by atoms with Crippen molar-refractivity contribution in [3.63, 3.8) is 0 Å². The van der Waals surface area contributed by atoms with Gasteiger partial charge in [-0.25, -0.2) is 4.98 Å². The fourth-order valence-corrected chi connectivity index (χ4v) is 3.71. The molecular weight excluding hydrogens is 264 g/mol. The molecule has 0 aliphatic carbocycles. The minimum absolute atomic E-state index is 0.0438. The van der Waals surface area contributed by atoms with E-state index in [0.29, 0.717) is 12.0 Å². The second-order valence-electron chi connectivity index (χ2n) is 6.14. The van der Waals surface area contributed by atoms with Gasteiger partial charge in [0.1, 0.15) is 11.5 Å². The van der Waals surface area contributed by atoms with E-state index >= 15 is 0 Å². The fraction of sp³-hybridized carbons (Fsp3) is 0.500. The molecule has 2 fully saturated rings. The van der Waals surface area contributed by atoms with Crippen molar-refractivity contribution in [3.8, 4) is 0 Å². The largest absolute Gasteiger partial charge is 0.356 e. The van der Waals surface area contributed by atoms with Crippen LogP contribution >= 0.6 is 0 Å². The number of pyridine rings is 1. The summed E-state index contributed by atoms with van der Waals surface area (Å²) in [6.07, 6.45) is 4.15. The molecule has 0 bridgehead atoms. The highest BCUT2D eigenvalue weighted by molar-refractivity contribution is 5.53. The molecule has 0 spiro atoms. The highest BCUT2D eigenvalue weighted by Gasteiger charge is 2.33. The van der Waals surface area contributed by atoms with Crippen molar-refractivity contribution >= 4 is 11.5 Å². The molecular formula is C16H20N4O. The zero-order chi connectivity index (χ0) is 14.4. The Kier molecular flexibility index (Phi) is 2.96. The minimum atomic E-state index is 0.0438. The molecule has 5 heteroatoms. The predicted molar refractivity (Wildman–Crippen MR) is 82.9 cm³/mol. The van der Waals surface area contributed by atoms with E-state index in [1.807, 2.05) is 25.1 Å². The van der Waals surface area contributed by atoms with Gasteiger partial charge in [0.05, 0.1) is 5.56 Å². The van der Waals surface area contributed by atoms with Gasteiger partial charge in [-0.2, -0.15) is 0 Å². The summed E-state index contributed by atoms with van der Waals surface area (Å²) in [4.78, 5) is 19.5. The van der Waals surface area contributed by atoms with E-state index in [0.717, 1.165) is 43.1 Å². The van der Waals surface area contributed by atoms with Crippen molar-refractivity contribution in [1.29, 1.82) is 0 Å². The van der Waals surface area contributed by atoms with Crippen molar-refractivity contribution < 1.29 is 0 Å². The first-order chi connectivity index (χ1) is 10.2. The predicted octanol–water partition coefficient (Wildman–Crippen LogP) is 1.19. The number of fused-ring (bicyclic) bond motifs is 2. The SMILES string of the molecule is Cc1c(N2CCC3NCCC3C2)nc2ccccn2c1=O. The molecule has 2 aliphatic rings. The maximum absolute atomic E-state index is 12.5. The number of nitrogens with zero attached hydrogens (tertiary/aromatic N) is 3. The maximum atomic E-state index is 12.5. The molecule has 21 heavy (non-hydrogen) atoms. The van der Waals surface area contributed by atoms with Crippen molar-refractivity contribution in [2.75, 3.05) is 24.5 Å². The van der Waals surface area contributed by atoms with Crippen LogP contribution in [0.3, 0.4) is 0 Å². The first-order valence-electron chi connectivity index (χ1n) is 7.70. The second kappa shape index (κ2) is 4.84. The van der Waals surface area contributed by atoms with Gasteiger partial charge in [0, 0.05) is 25.3 Å². The van der Waals surface area contributed by atoms with Crippen LogP contribution in [0.25, 0.3) is 5.65 Å². The Labute approximate surface area is 123 Å². The van der Waals surface area contributed by atoms with Crippen LogP contribution in [0.2, 0.25) is 0 Å². The van der Waals surface area contributed by atoms with Gasteiger partial charge < -0.3 is 10.2 Å². The zero-order valence-corrected chi connectivity index (χ0v) is 12.2. The third-order valence-electron chi connectivity index (χ3n) is 4.89. The lowest BCUT2D eigenvalue weighted by molar-refractivity contribution is 0.374. The molecule has 5 nitrogen and oxygen atoms in total. The molecule has 0 radical (unpaired) electrons. The number of anilines is 1. The van der Waals surface area contributed by atoms with Gasteiger partial charge >= 0.3 is 0 Å². The Hall–Kier alpha value is -1.88. The van der Waals surface area contributed by atoms with Crippen LogP contribution in [-0.2, 0) is 0 Å². The van der Waals surface area contributed by atoms with Crippen LogP contribution in [0.5, 0.6) is 0 Å². The lowest BCUT2D eigenvalue weighted by Crippen LogP contribution is -2.45. The Morgan fingerprint density at radius 1 is 1.33 bits per heavy atom. The van der Waals surface area contributed by atoms with Gasteiger partial charge in [-0.1, -0.05) is 6.07 Å². The molecule has 2 aliphatic heterocycles. The smallest absolute Gasteiger partial charge is 0.262 e. The van der Waals surface area contributed by atoms with Crippen LogP contribution in [0.4, 0.5) is 5.82 Å². The Morgan fingerprint density at radius 2 is 2.24 bits per heavy atom. The van der Waals surface area contributed by atoms with Crippen LogP contribution in [0.15, 0.2) is 29.2 Å². The Morgan fingerprint density at radius 3 is 3.14 bits per heavy atom. The quantitative estimate of drug-likeness (QED) is 0.854. The van der Waals surface area contributed by atoms with E-state index < -0.39 is 0 Å². The summed E-state index contributed by atoms with van der Waals surface area (Å²) in [5.74, 6) is 1.56. The van der Waals surface area contributed by atoms with Gasteiger partial charge in [0.25, 0.3) is 5.56 Å². The van der Waals surface area contributed by atoms with Gasteiger partial charge in [0.2, 0.25) is 0 Å².